The predicted octanol–water partition coefficient (Wildman–Crippen LogP) is 5.88. The normalized spacial score (nSPS) is 11.3. The van der Waals surface area contributed by atoms with E-state index in [1.807, 2.05) is 47.2 Å². The lowest BCUT2D eigenvalue weighted by Gasteiger charge is -2.11. The summed E-state index contributed by atoms with van der Waals surface area (Å²) in [5.74, 6) is 1.28. The summed E-state index contributed by atoms with van der Waals surface area (Å²) >= 11 is 0. The van der Waals surface area contributed by atoms with Gasteiger partial charge in [0.05, 0.1) is 28.6 Å². The maximum atomic E-state index is 4.83. The van der Waals surface area contributed by atoms with Gasteiger partial charge in [-0.15, -0.1) is 10.2 Å². The maximum Gasteiger partial charge on any atom is 0.187 e. The van der Waals surface area contributed by atoms with Gasteiger partial charge in [0.2, 0.25) is 0 Å². The van der Waals surface area contributed by atoms with Crippen molar-refractivity contribution in [3.63, 3.8) is 0 Å². The average molecular weight is 466 g/mol. The van der Waals surface area contributed by atoms with E-state index in [4.69, 9.17) is 4.98 Å². The monoisotopic (exact) mass is 465 g/mol. The Balaban J connectivity index is 1.39. The Morgan fingerprint density at radius 1 is 0.472 bits per heavy atom. The molecule has 0 N–H and O–H groups in total. The molecular weight excluding hydrogens is 446 g/mol. The molecule has 5 aromatic heterocycles. The first kappa shape index (κ1) is 20.2. The van der Waals surface area contributed by atoms with Gasteiger partial charge in [-0.3, -0.25) is 19.5 Å². The van der Waals surface area contributed by atoms with E-state index >= 15 is 0 Å². The van der Waals surface area contributed by atoms with Crippen LogP contribution >= 0.6 is 0 Å². The van der Waals surface area contributed by atoms with Crippen LogP contribution in [0.15, 0.2) is 116 Å². The van der Waals surface area contributed by atoms with E-state index in [0.29, 0.717) is 17.3 Å². The van der Waals surface area contributed by atoms with Crippen LogP contribution in [0.4, 0.5) is 0 Å². The molecule has 0 atom stereocenters. The molecule has 0 amide bonds. The molecule has 0 unspecified atom stereocenters. The second-order valence-corrected chi connectivity index (χ2v) is 8.37. The zero-order valence-corrected chi connectivity index (χ0v) is 19.1. The third-order valence-corrected chi connectivity index (χ3v) is 6.29. The molecule has 5 heterocycles. The molecule has 0 radical (unpaired) electrons. The first-order valence-corrected chi connectivity index (χ1v) is 11.6. The van der Waals surface area contributed by atoms with Gasteiger partial charge in [0.1, 0.15) is 11.4 Å². The lowest BCUT2D eigenvalue weighted by Crippen LogP contribution is -2.02. The third-order valence-electron chi connectivity index (χ3n) is 6.29. The molecule has 0 saturated heterocycles. The summed E-state index contributed by atoms with van der Waals surface area (Å²) in [6.45, 7) is 0. The Morgan fingerprint density at radius 2 is 1.11 bits per heavy atom. The maximum absolute atomic E-state index is 4.83. The van der Waals surface area contributed by atoms with E-state index in [1.54, 1.807) is 18.6 Å². The number of para-hydroxylation sites is 2. The van der Waals surface area contributed by atoms with Crippen molar-refractivity contribution in [2.75, 3.05) is 0 Å². The Kier molecular flexibility index (Phi) is 4.63. The summed E-state index contributed by atoms with van der Waals surface area (Å²) in [5.41, 5.74) is 5.60. The highest BCUT2D eigenvalue weighted by molar-refractivity contribution is 6.09. The van der Waals surface area contributed by atoms with Crippen LogP contribution in [0.1, 0.15) is 0 Å². The summed E-state index contributed by atoms with van der Waals surface area (Å²) in [6.07, 6.45) is 7.14. The Morgan fingerprint density at radius 3 is 1.72 bits per heavy atom. The second kappa shape index (κ2) is 8.25. The quantitative estimate of drug-likeness (QED) is 0.324. The first-order valence-electron chi connectivity index (χ1n) is 11.6. The Labute approximate surface area is 206 Å². The van der Waals surface area contributed by atoms with E-state index in [9.17, 15) is 0 Å². The van der Waals surface area contributed by atoms with Gasteiger partial charge in [-0.25, -0.2) is 0 Å². The summed E-state index contributed by atoms with van der Waals surface area (Å²) < 4.78 is 4.21. The number of fused-ring (bicyclic) bond motifs is 3. The number of aromatic nitrogens is 7. The van der Waals surface area contributed by atoms with Gasteiger partial charge in [-0.05, 0) is 48.5 Å². The first-order chi connectivity index (χ1) is 17.9. The number of nitrogens with zero attached hydrogens (tertiary/aromatic N) is 7. The predicted molar refractivity (Wildman–Crippen MR) is 140 cm³/mol. The number of hydrogen-bond donors (Lipinski definition) is 0. The molecule has 7 aromatic rings. The molecule has 0 bridgehead atoms. The molecule has 7 rings (SSSR count). The van der Waals surface area contributed by atoms with Gasteiger partial charge in [0.25, 0.3) is 0 Å². The van der Waals surface area contributed by atoms with Gasteiger partial charge in [-0.2, -0.15) is 0 Å². The fourth-order valence-electron chi connectivity index (χ4n) is 4.70. The standard InChI is InChI=1S/C29H19N7/c1-3-10-26-22(7-1)23-8-2-4-11-27(23)35(26)21-12-13-25(32-19-21)29-34-33-28(24-9-5-6-16-31-24)36(29)20-14-17-30-18-15-20/h1-19H. The molecule has 0 saturated carbocycles. The molecule has 2 aromatic carbocycles. The highest BCUT2D eigenvalue weighted by atomic mass is 15.3. The van der Waals surface area contributed by atoms with Crippen LogP contribution in [0, 0.1) is 0 Å². The van der Waals surface area contributed by atoms with E-state index in [2.05, 4.69) is 79.3 Å². The number of rotatable bonds is 4. The molecule has 0 fully saturated rings. The summed E-state index contributed by atoms with van der Waals surface area (Å²) in [7, 11) is 0. The van der Waals surface area contributed by atoms with Crippen LogP contribution in [0.2, 0.25) is 0 Å². The van der Waals surface area contributed by atoms with Crippen LogP contribution in [-0.4, -0.2) is 34.3 Å². The van der Waals surface area contributed by atoms with Crippen molar-refractivity contribution in [3.05, 3.63) is 116 Å². The lowest BCUT2D eigenvalue weighted by molar-refractivity contribution is 1.03. The summed E-state index contributed by atoms with van der Waals surface area (Å²) in [5, 5.41) is 11.4. The van der Waals surface area contributed by atoms with E-state index < -0.39 is 0 Å². The molecule has 7 heteroatoms. The largest absolute Gasteiger partial charge is 0.308 e. The number of benzene rings is 2. The van der Waals surface area contributed by atoms with Gasteiger partial charge < -0.3 is 4.57 Å². The molecule has 0 aliphatic heterocycles. The van der Waals surface area contributed by atoms with Crippen molar-refractivity contribution in [3.8, 4) is 34.4 Å². The number of pyridine rings is 3. The minimum Gasteiger partial charge on any atom is -0.308 e. The molecule has 0 aliphatic rings. The van der Waals surface area contributed by atoms with E-state index in [0.717, 1.165) is 28.1 Å². The lowest BCUT2D eigenvalue weighted by atomic mass is 10.2. The molecule has 0 aliphatic carbocycles. The van der Waals surface area contributed by atoms with Crippen LogP contribution < -0.4 is 0 Å². The zero-order valence-electron chi connectivity index (χ0n) is 19.1. The van der Waals surface area contributed by atoms with Crippen molar-refractivity contribution >= 4 is 21.8 Å². The highest BCUT2D eigenvalue weighted by Gasteiger charge is 2.19. The van der Waals surface area contributed by atoms with Crippen LogP contribution in [0.5, 0.6) is 0 Å². The van der Waals surface area contributed by atoms with Crippen LogP contribution in [-0.2, 0) is 0 Å². The Bertz CT molecular complexity index is 1770. The van der Waals surface area contributed by atoms with Crippen molar-refractivity contribution in [2.45, 2.75) is 0 Å². The minimum atomic E-state index is 0.635. The molecule has 170 valence electrons. The van der Waals surface area contributed by atoms with E-state index in [-0.39, 0.29) is 0 Å². The Hall–Kier alpha value is -5.17. The van der Waals surface area contributed by atoms with Gasteiger partial charge in [-0.1, -0.05) is 42.5 Å². The fourth-order valence-corrected chi connectivity index (χ4v) is 4.70. The van der Waals surface area contributed by atoms with Gasteiger partial charge >= 0.3 is 0 Å². The average Bonchev–Trinajstić information content (AvgIpc) is 3.54. The number of hydrogen-bond acceptors (Lipinski definition) is 5. The smallest absolute Gasteiger partial charge is 0.187 e. The fraction of sp³-hybridized carbons (Fsp3) is 0. The summed E-state index contributed by atoms with van der Waals surface area (Å²) in [4.78, 5) is 13.5. The molecule has 36 heavy (non-hydrogen) atoms. The van der Waals surface area contributed by atoms with Gasteiger partial charge in [0, 0.05) is 29.4 Å². The van der Waals surface area contributed by atoms with Crippen molar-refractivity contribution < 1.29 is 0 Å². The minimum absolute atomic E-state index is 0.635. The molecule has 0 spiro atoms. The SMILES string of the molecule is c1ccc(-c2nnc(-c3ccc(-n4c5ccccc5c5ccccc54)cn3)n2-c2ccncc2)nc1. The molecular formula is C29H19N7. The van der Waals surface area contributed by atoms with Crippen molar-refractivity contribution in [2.24, 2.45) is 0 Å². The van der Waals surface area contributed by atoms with Crippen molar-refractivity contribution in [1.82, 2.24) is 34.3 Å². The topological polar surface area (TPSA) is 74.3 Å². The van der Waals surface area contributed by atoms with Gasteiger partial charge in [0.15, 0.2) is 11.6 Å². The van der Waals surface area contributed by atoms with E-state index in [1.165, 1.54) is 10.8 Å². The van der Waals surface area contributed by atoms with Crippen LogP contribution in [0.3, 0.4) is 0 Å². The van der Waals surface area contributed by atoms with Crippen LogP contribution in [0.25, 0.3) is 56.2 Å². The van der Waals surface area contributed by atoms with Crippen molar-refractivity contribution in [1.29, 1.82) is 0 Å². The second-order valence-electron chi connectivity index (χ2n) is 8.37. The third kappa shape index (κ3) is 3.18. The zero-order chi connectivity index (χ0) is 23.9. The summed E-state index contributed by atoms with van der Waals surface area (Å²) in [6, 6.07) is 30.5. The highest BCUT2D eigenvalue weighted by Crippen LogP contribution is 2.32. The molecule has 7 nitrogen and oxygen atoms in total.